The zero-order valence-electron chi connectivity index (χ0n) is 10.0. The lowest BCUT2D eigenvalue weighted by Crippen LogP contribution is -2.06. The van der Waals surface area contributed by atoms with Crippen LogP contribution in [0.5, 0.6) is 0 Å². The zero-order chi connectivity index (χ0) is 14.3. The van der Waals surface area contributed by atoms with Crippen LogP contribution >= 0.6 is 11.8 Å². The second kappa shape index (κ2) is 4.75. The van der Waals surface area contributed by atoms with E-state index in [1.165, 1.54) is 0 Å². The van der Waals surface area contributed by atoms with E-state index >= 15 is 0 Å². The first kappa shape index (κ1) is 13.4. The summed E-state index contributed by atoms with van der Waals surface area (Å²) in [5, 5.41) is 3.37. The van der Waals surface area contributed by atoms with Crippen LogP contribution in [-0.4, -0.2) is 10.1 Å². The van der Waals surface area contributed by atoms with Gasteiger partial charge in [-0.25, -0.2) is 4.84 Å². The van der Waals surface area contributed by atoms with Crippen LogP contribution in [-0.2, 0) is 12.6 Å². The fraction of sp³-hybridized carbons (Fsp3) is 0.333. The molecule has 0 radical (unpaired) electrons. The molecule has 106 valence electrons. The van der Waals surface area contributed by atoms with Gasteiger partial charge in [-0.3, -0.25) is 0 Å². The molecule has 1 aromatic heterocycles. The third kappa shape index (κ3) is 2.27. The summed E-state index contributed by atoms with van der Waals surface area (Å²) in [5.74, 6) is -1.41. The molecule has 1 N–H and O–H groups in total. The van der Waals surface area contributed by atoms with Crippen LogP contribution in [0.4, 0.5) is 13.2 Å². The Morgan fingerprint density at radius 2 is 2.15 bits per heavy atom. The molecule has 20 heavy (non-hydrogen) atoms. The highest BCUT2D eigenvalue weighted by atomic mass is 35.5. The highest BCUT2D eigenvalue weighted by Gasteiger charge is 2.38. The summed E-state index contributed by atoms with van der Waals surface area (Å²) in [6, 6.07) is 5.32. The summed E-state index contributed by atoms with van der Waals surface area (Å²) in [6.07, 6.45) is -2.98. The Morgan fingerprint density at radius 1 is 1.35 bits per heavy atom. The van der Waals surface area contributed by atoms with Crippen LogP contribution in [0, 0.1) is 0 Å². The number of nitrogens with zero attached hydrogens (tertiary/aromatic N) is 2. The lowest BCUT2D eigenvalue weighted by atomic mass is 10.0. The van der Waals surface area contributed by atoms with Crippen LogP contribution in [0.15, 0.2) is 22.7 Å². The third-order valence-corrected chi connectivity index (χ3v) is 3.54. The first-order valence-corrected chi connectivity index (χ1v) is 6.27. The van der Waals surface area contributed by atoms with E-state index < -0.39 is 12.1 Å². The second-order valence-corrected chi connectivity index (χ2v) is 4.75. The number of fused-ring (bicyclic) bond motifs is 1. The van der Waals surface area contributed by atoms with Gasteiger partial charge in [0, 0.05) is 11.6 Å². The summed E-state index contributed by atoms with van der Waals surface area (Å²) < 4.78 is 41.5. The molecular weight excluding hydrogens is 295 g/mol. The van der Waals surface area contributed by atoms with Gasteiger partial charge in [0.25, 0.3) is 0 Å². The standard InChI is InChI=1S/C12H9ClF3N3O/c13-18-9-4-2-6-5-7(1-3-8(6)9)10-17-11(20-19-10)12(14,15)16/h1,3,5,9,18H,2,4H2/t9-/m0/s1. The fourth-order valence-corrected chi connectivity index (χ4v) is 2.55. The van der Waals surface area contributed by atoms with Gasteiger partial charge in [-0.2, -0.15) is 18.2 Å². The van der Waals surface area contributed by atoms with E-state index in [-0.39, 0.29) is 11.9 Å². The smallest absolute Gasteiger partial charge is 0.329 e. The van der Waals surface area contributed by atoms with Crippen molar-refractivity contribution in [3.8, 4) is 11.4 Å². The Hall–Kier alpha value is -1.60. The van der Waals surface area contributed by atoms with Crippen molar-refractivity contribution < 1.29 is 17.7 Å². The predicted molar refractivity (Wildman–Crippen MR) is 64.8 cm³/mol. The molecule has 0 spiro atoms. The number of halogens is 4. The Labute approximate surface area is 117 Å². The van der Waals surface area contributed by atoms with Gasteiger partial charge in [0.05, 0.1) is 0 Å². The van der Waals surface area contributed by atoms with E-state index in [4.69, 9.17) is 11.8 Å². The van der Waals surface area contributed by atoms with E-state index in [2.05, 4.69) is 19.5 Å². The van der Waals surface area contributed by atoms with Gasteiger partial charge in [-0.05, 0) is 41.8 Å². The van der Waals surface area contributed by atoms with E-state index in [0.29, 0.717) is 5.56 Å². The Morgan fingerprint density at radius 3 is 2.80 bits per heavy atom. The van der Waals surface area contributed by atoms with E-state index in [0.717, 1.165) is 24.0 Å². The number of aryl methyl sites for hydroxylation is 1. The summed E-state index contributed by atoms with van der Waals surface area (Å²) in [7, 11) is 0. The quantitative estimate of drug-likeness (QED) is 0.863. The lowest BCUT2D eigenvalue weighted by Gasteiger charge is -2.08. The number of alkyl halides is 3. The van der Waals surface area contributed by atoms with Crippen molar-refractivity contribution in [1.82, 2.24) is 15.0 Å². The van der Waals surface area contributed by atoms with Crippen molar-refractivity contribution in [2.75, 3.05) is 0 Å². The highest BCUT2D eigenvalue weighted by molar-refractivity contribution is 6.13. The topological polar surface area (TPSA) is 51.0 Å². The molecule has 1 aliphatic carbocycles. The van der Waals surface area contributed by atoms with Gasteiger partial charge < -0.3 is 4.52 Å². The Kier molecular flexibility index (Phi) is 3.18. The zero-order valence-corrected chi connectivity index (χ0v) is 10.8. The monoisotopic (exact) mass is 303 g/mol. The van der Waals surface area contributed by atoms with Gasteiger partial charge in [-0.1, -0.05) is 17.3 Å². The van der Waals surface area contributed by atoms with Gasteiger partial charge >= 0.3 is 12.1 Å². The molecule has 3 rings (SSSR count). The van der Waals surface area contributed by atoms with Gasteiger partial charge in [0.15, 0.2) is 0 Å². The first-order valence-electron chi connectivity index (χ1n) is 5.89. The largest absolute Gasteiger partial charge is 0.471 e. The summed E-state index contributed by atoms with van der Waals surface area (Å²) in [6.45, 7) is 0. The number of hydrogen-bond donors (Lipinski definition) is 1. The van der Waals surface area contributed by atoms with E-state index in [9.17, 15) is 13.2 Å². The molecular formula is C12H9ClF3N3O. The molecule has 1 heterocycles. The van der Waals surface area contributed by atoms with Crippen LogP contribution < -0.4 is 4.84 Å². The second-order valence-electron chi connectivity index (χ2n) is 4.53. The number of benzene rings is 1. The van der Waals surface area contributed by atoms with Crippen molar-refractivity contribution in [3.05, 3.63) is 35.2 Å². The number of hydrogen-bond acceptors (Lipinski definition) is 4. The maximum Gasteiger partial charge on any atom is 0.471 e. The molecule has 0 amide bonds. The molecule has 0 unspecified atom stereocenters. The Balaban J connectivity index is 1.94. The predicted octanol–water partition coefficient (Wildman–Crippen LogP) is 3.49. The maximum atomic E-state index is 12.4. The molecule has 0 aliphatic heterocycles. The normalized spacial score (nSPS) is 18.3. The SMILES string of the molecule is FC(F)(F)c1nc(-c2ccc3c(c2)CC[C@@H]3NCl)no1. The average Bonchev–Trinajstić information content (AvgIpc) is 3.04. The van der Waals surface area contributed by atoms with Crippen LogP contribution in [0.25, 0.3) is 11.4 Å². The van der Waals surface area contributed by atoms with Crippen molar-refractivity contribution in [2.24, 2.45) is 0 Å². The summed E-state index contributed by atoms with van der Waals surface area (Å²) in [4.78, 5) is 6.05. The third-order valence-electron chi connectivity index (χ3n) is 3.28. The lowest BCUT2D eigenvalue weighted by molar-refractivity contribution is -0.159. The van der Waals surface area contributed by atoms with Gasteiger partial charge in [0.2, 0.25) is 5.82 Å². The van der Waals surface area contributed by atoms with Crippen molar-refractivity contribution in [1.29, 1.82) is 0 Å². The van der Waals surface area contributed by atoms with Gasteiger partial charge in [-0.15, -0.1) is 0 Å². The maximum absolute atomic E-state index is 12.4. The van der Waals surface area contributed by atoms with E-state index in [1.807, 2.05) is 6.07 Å². The molecule has 1 aliphatic rings. The molecule has 1 aromatic carbocycles. The fourth-order valence-electron chi connectivity index (χ4n) is 2.33. The summed E-state index contributed by atoms with van der Waals surface area (Å²) >= 11 is 5.63. The van der Waals surface area contributed by atoms with Crippen LogP contribution in [0.3, 0.4) is 0 Å². The number of aromatic nitrogens is 2. The highest BCUT2D eigenvalue weighted by Crippen LogP contribution is 2.35. The number of rotatable bonds is 2. The molecule has 0 fully saturated rings. The van der Waals surface area contributed by atoms with Crippen molar-refractivity contribution in [3.63, 3.8) is 0 Å². The average molecular weight is 304 g/mol. The molecule has 0 saturated carbocycles. The minimum Gasteiger partial charge on any atom is -0.329 e. The number of nitrogens with one attached hydrogen (secondary N) is 1. The molecule has 1 atom stereocenters. The minimum atomic E-state index is -4.63. The molecule has 8 heteroatoms. The van der Waals surface area contributed by atoms with Gasteiger partial charge in [0.1, 0.15) is 0 Å². The molecule has 2 aromatic rings. The molecule has 0 bridgehead atoms. The van der Waals surface area contributed by atoms with Crippen LogP contribution in [0.2, 0.25) is 0 Å². The minimum absolute atomic E-state index is 0.0664. The Bertz CT molecular complexity index is 641. The van der Waals surface area contributed by atoms with E-state index in [1.54, 1.807) is 12.1 Å². The summed E-state index contributed by atoms with van der Waals surface area (Å²) in [5.41, 5.74) is 2.57. The molecule has 4 nitrogen and oxygen atoms in total. The first-order chi connectivity index (χ1) is 9.49. The van der Waals surface area contributed by atoms with Crippen LogP contribution in [0.1, 0.15) is 29.5 Å². The van der Waals surface area contributed by atoms with Crippen molar-refractivity contribution >= 4 is 11.8 Å². The molecule has 0 saturated heterocycles. The van der Waals surface area contributed by atoms with Crippen molar-refractivity contribution in [2.45, 2.75) is 25.1 Å².